The normalized spacial score (nSPS) is 20.1. The molecule has 0 unspecified atom stereocenters. The van der Waals surface area contributed by atoms with Crippen molar-refractivity contribution in [2.75, 3.05) is 0 Å². The van der Waals surface area contributed by atoms with E-state index in [2.05, 4.69) is 6.92 Å². The standard InChI is InChI=1S/C13H18O2/c1-13(7-3-2-4-8-13)12(14)10-11-6-5-9-15-11/h5-6,9H,2-4,7-8,10H2,1H3. The molecule has 1 aliphatic carbocycles. The molecule has 1 heterocycles. The first-order valence-corrected chi connectivity index (χ1v) is 5.76. The van der Waals surface area contributed by atoms with Crippen molar-refractivity contribution in [3.63, 3.8) is 0 Å². The number of furan rings is 1. The Balaban J connectivity index is 2.00. The zero-order chi connectivity index (χ0) is 10.7. The van der Waals surface area contributed by atoms with E-state index in [4.69, 9.17) is 4.42 Å². The number of carbonyl (C=O) groups is 1. The Labute approximate surface area is 90.7 Å². The van der Waals surface area contributed by atoms with Crippen molar-refractivity contribution < 1.29 is 9.21 Å². The highest BCUT2D eigenvalue weighted by molar-refractivity contribution is 5.86. The molecule has 15 heavy (non-hydrogen) atoms. The maximum absolute atomic E-state index is 12.1. The van der Waals surface area contributed by atoms with Crippen LogP contribution in [-0.2, 0) is 11.2 Å². The fourth-order valence-electron chi connectivity index (χ4n) is 2.40. The lowest BCUT2D eigenvalue weighted by Crippen LogP contribution is -2.31. The molecule has 0 aliphatic heterocycles. The molecular formula is C13H18O2. The van der Waals surface area contributed by atoms with Crippen molar-refractivity contribution >= 4 is 5.78 Å². The molecule has 0 saturated heterocycles. The molecule has 0 N–H and O–H groups in total. The third-order valence-corrected chi connectivity index (χ3v) is 3.55. The molecule has 1 aromatic rings. The minimum atomic E-state index is -0.0922. The van der Waals surface area contributed by atoms with Gasteiger partial charge in [-0.3, -0.25) is 4.79 Å². The van der Waals surface area contributed by atoms with Gasteiger partial charge in [0.05, 0.1) is 12.7 Å². The molecule has 0 bridgehead atoms. The van der Waals surface area contributed by atoms with Gasteiger partial charge in [-0.25, -0.2) is 0 Å². The zero-order valence-corrected chi connectivity index (χ0v) is 9.29. The van der Waals surface area contributed by atoms with E-state index in [1.165, 1.54) is 19.3 Å². The molecule has 1 fully saturated rings. The maximum Gasteiger partial charge on any atom is 0.146 e. The lowest BCUT2D eigenvalue weighted by atomic mass is 9.72. The number of hydrogen-bond acceptors (Lipinski definition) is 2. The van der Waals surface area contributed by atoms with Gasteiger partial charge < -0.3 is 4.42 Å². The van der Waals surface area contributed by atoms with Gasteiger partial charge >= 0.3 is 0 Å². The predicted molar refractivity (Wildman–Crippen MR) is 58.6 cm³/mol. The third-order valence-electron chi connectivity index (χ3n) is 3.55. The Hall–Kier alpha value is -1.05. The van der Waals surface area contributed by atoms with Crippen molar-refractivity contribution in [2.24, 2.45) is 5.41 Å². The van der Waals surface area contributed by atoms with E-state index in [1.807, 2.05) is 12.1 Å². The first-order chi connectivity index (χ1) is 7.21. The second kappa shape index (κ2) is 4.21. The van der Waals surface area contributed by atoms with Crippen LogP contribution in [0.15, 0.2) is 22.8 Å². The molecule has 1 saturated carbocycles. The van der Waals surface area contributed by atoms with E-state index in [1.54, 1.807) is 6.26 Å². The van der Waals surface area contributed by atoms with Crippen molar-refractivity contribution in [2.45, 2.75) is 45.4 Å². The van der Waals surface area contributed by atoms with E-state index >= 15 is 0 Å². The number of carbonyl (C=O) groups excluding carboxylic acids is 1. The quantitative estimate of drug-likeness (QED) is 0.759. The summed E-state index contributed by atoms with van der Waals surface area (Å²) in [5.41, 5.74) is -0.0922. The lowest BCUT2D eigenvalue weighted by molar-refractivity contribution is -0.129. The van der Waals surface area contributed by atoms with Gasteiger partial charge in [0.2, 0.25) is 0 Å². The third kappa shape index (κ3) is 2.31. The second-order valence-electron chi connectivity index (χ2n) is 4.80. The molecule has 1 aromatic heterocycles. The monoisotopic (exact) mass is 206 g/mol. The highest BCUT2D eigenvalue weighted by Crippen LogP contribution is 2.37. The Morgan fingerprint density at radius 2 is 2.13 bits per heavy atom. The molecule has 0 spiro atoms. The first kappa shape index (κ1) is 10.5. The van der Waals surface area contributed by atoms with Gasteiger partial charge in [0.1, 0.15) is 11.5 Å². The van der Waals surface area contributed by atoms with Crippen LogP contribution in [0.1, 0.15) is 44.8 Å². The zero-order valence-electron chi connectivity index (χ0n) is 9.29. The van der Waals surface area contributed by atoms with E-state index in [0.29, 0.717) is 12.2 Å². The first-order valence-electron chi connectivity index (χ1n) is 5.76. The average molecular weight is 206 g/mol. The summed E-state index contributed by atoms with van der Waals surface area (Å²) < 4.78 is 5.22. The molecule has 0 radical (unpaired) electrons. The largest absolute Gasteiger partial charge is 0.469 e. The molecule has 0 aromatic carbocycles. The highest BCUT2D eigenvalue weighted by atomic mass is 16.3. The number of hydrogen-bond donors (Lipinski definition) is 0. The molecule has 82 valence electrons. The smallest absolute Gasteiger partial charge is 0.146 e. The van der Waals surface area contributed by atoms with Gasteiger partial charge in [-0.1, -0.05) is 26.2 Å². The molecule has 0 amide bonds. The summed E-state index contributed by atoms with van der Waals surface area (Å²) in [5, 5.41) is 0. The Morgan fingerprint density at radius 1 is 1.40 bits per heavy atom. The van der Waals surface area contributed by atoms with Crippen molar-refractivity contribution in [3.05, 3.63) is 24.2 Å². The van der Waals surface area contributed by atoms with E-state index in [0.717, 1.165) is 18.6 Å². The summed E-state index contributed by atoms with van der Waals surface area (Å²) in [4.78, 5) is 12.1. The van der Waals surface area contributed by atoms with E-state index in [9.17, 15) is 4.79 Å². The number of ketones is 1. The predicted octanol–water partition coefficient (Wildman–Crippen LogP) is 3.36. The van der Waals surface area contributed by atoms with Crippen molar-refractivity contribution in [1.29, 1.82) is 0 Å². The summed E-state index contributed by atoms with van der Waals surface area (Å²) >= 11 is 0. The Kier molecular flexibility index (Phi) is 2.94. The van der Waals surface area contributed by atoms with E-state index in [-0.39, 0.29) is 5.41 Å². The SMILES string of the molecule is CC1(C(=O)Cc2ccco2)CCCCC1. The van der Waals surface area contributed by atoms with Crippen LogP contribution >= 0.6 is 0 Å². The average Bonchev–Trinajstić information content (AvgIpc) is 2.71. The van der Waals surface area contributed by atoms with Gasteiger partial charge in [0, 0.05) is 5.41 Å². The summed E-state index contributed by atoms with van der Waals surface area (Å²) in [6.07, 6.45) is 7.86. The van der Waals surface area contributed by atoms with Crippen LogP contribution in [0.5, 0.6) is 0 Å². The van der Waals surface area contributed by atoms with Crippen LogP contribution in [0.2, 0.25) is 0 Å². The van der Waals surface area contributed by atoms with Crippen LogP contribution in [0.4, 0.5) is 0 Å². The minimum Gasteiger partial charge on any atom is -0.469 e. The van der Waals surface area contributed by atoms with E-state index < -0.39 is 0 Å². The topological polar surface area (TPSA) is 30.2 Å². The second-order valence-corrected chi connectivity index (χ2v) is 4.80. The highest BCUT2D eigenvalue weighted by Gasteiger charge is 2.34. The van der Waals surface area contributed by atoms with Gasteiger partial charge in [-0.2, -0.15) is 0 Å². The van der Waals surface area contributed by atoms with Crippen LogP contribution in [0.25, 0.3) is 0 Å². The van der Waals surface area contributed by atoms with Gasteiger partial charge in [-0.15, -0.1) is 0 Å². The van der Waals surface area contributed by atoms with Gasteiger partial charge in [0.15, 0.2) is 0 Å². The van der Waals surface area contributed by atoms with Crippen molar-refractivity contribution in [3.8, 4) is 0 Å². The minimum absolute atomic E-state index is 0.0922. The van der Waals surface area contributed by atoms with Gasteiger partial charge in [0.25, 0.3) is 0 Å². The molecule has 0 atom stereocenters. The number of rotatable bonds is 3. The molecule has 2 rings (SSSR count). The Morgan fingerprint density at radius 3 is 2.73 bits per heavy atom. The van der Waals surface area contributed by atoms with Crippen molar-refractivity contribution in [1.82, 2.24) is 0 Å². The lowest BCUT2D eigenvalue weighted by Gasteiger charge is -2.31. The summed E-state index contributed by atoms with van der Waals surface area (Å²) in [5.74, 6) is 1.14. The summed E-state index contributed by atoms with van der Waals surface area (Å²) in [6, 6.07) is 3.72. The van der Waals surface area contributed by atoms with Crippen LogP contribution in [-0.4, -0.2) is 5.78 Å². The summed E-state index contributed by atoms with van der Waals surface area (Å²) in [7, 11) is 0. The fourth-order valence-corrected chi connectivity index (χ4v) is 2.40. The summed E-state index contributed by atoms with van der Waals surface area (Å²) in [6.45, 7) is 2.11. The molecular weight excluding hydrogens is 188 g/mol. The van der Waals surface area contributed by atoms with Crippen LogP contribution in [0.3, 0.4) is 0 Å². The van der Waals surface area contributed by atoms with Gasteiger partial charge in [-0.05, 0) is 25.0 Å². The van der Waals surface area contributed by atoms with Crippen LogP contribution < -0.4 is 0 Å². The molecule has 1 aliphatic rings. The number of Topliss-reactive ketones (excluding diaryl/α,β-unsaturated/α-hetero) is 1. The Bertz CT molecular complexity index is 318. The molecule has 2 nitrogen and oxygen atoms in total. The van der Waals surface area contributed by atoms with Crippen LogP contribution in [0, 0.1) is 5.41 Å². The maximum atomic E-state index is 12.1. The molecule has 2 heteroatoms. The fraction of sp³-hybridized carbons (Fsp3) is 0.615.